The first kappa shape index (κ1) is 87.3. The average Bonchev–Trinajstić information content (AvgIpc) is 0.750. The van der Waals surface area contributed by atoms with Gasteiger partial charge in [0.2, 0.25) is 17.7 Å². The average molecular weight is 1490 g/mol. The molecule has 27 unspecified atom stereocenters. The highest BCUT2D eigenvalue weighted by molar-refractivity contribution is 7.47. The second-order valence-corrected chi connectivity index (χ2v) is 28.4. The number of hydrogen-bond acceptors (Lipinski definition) is 30. The van der Waals surface area contributed by atoms with Crippen molar-refractivity contribution in [3.05, 3.63) is 59.3 Å². The molecule has 0 aromatic heterocycles. The van der Waals surface area contributed by atoms with Crippen LogP contribution in [0, 0.1) is 5.41 Å². The molecule has 0 spiro atoms. The number of carbonyl (C=O) groups excluding carboxylic acids is 4. The third-order valence-electron chi connectivity index (χ3n) is 17.5. The van der Waals surface area contributed by atoms with Gasteiger partial charge in [0.05, 0.1) is 32.5 Å². The number of primary amides is 2. The molecule has 38 heteroatoms. The van der Waals surface area contributed by atoms with Gasteiger partial charge in [0.15, 0.2) is 62.0 Å². The first-order valence-electron chi connectivity index (χ1n) is 33.0. The molecule has 0 aromatic rings. The molecule has 5 saturated heterocycles. The van der Waals surface area contributed by atoms with Crippen molar-refractivity contribution in [2.45, 2.75) is 273 Å². The Balaban J connectivity index is 1.41. The molecule has 0 aromatic carbocycles. The fraction of sp³-hybridized carbons (Fsp3) is 0.750. The summed E-state index contributed by atoms with van der Waals surface area (Å²) in [7, 11) is -5.83. The molecule has 5 aliphatic heterocycles. The van der Waals surface area contributed by atoms with E-state index in [9.17, 15) is 99.5 Å². The summed E-state index contributed by atoms with van der Waals surface area (Å²) in [5.41, 5.74) is 12.5. The van der Waals surface area contributed by atoms with Crippen molar-refractivity contribution in [1.29, 1.82) is 0 Å². The largest absolute Gasteiger partial charge is 0.479 e. The van der Waals surface area contributed by atoms with Crippen LogP contribution in [0.15, 0.2) is 59.3 Å². The minimum Gasteiger partial charge on any atom is -0.479 e. The zero-order valence-corrected chi connectivity index (χ0v) is 59.3. The normalized spacial score (nSPS) is 36.4. The van der Waals surface area contributed by atoms with Crippen molar-refractivity contribution < 1.29 is 161 Å². The number of amides is 4. The number of phosphoric ester groups is 1. The second-order valence-electron chi connectivity index (χ2n) is 27.0. The number of aliphatic carboxylic acids is 2. The SMILES string of the molecule is C=C(C/C=C(\C)CCC=C(C)C)CCC(C)(C)/C=C/CC/C(C)=C\COC(COP(=O)(O)OC1OC(C(N)=O)C(C)(O)C(OC(N)=O)C1OC1OC(COC2OC(CO)C(O)C(O)C2O)C(OC2OC(C)C(OC3OC(C(=O)O)C(O)C(O)C3O)C(O)C2NC(C)=O)C(O)C1NC(C)=O)C(=O)O. The molecule has 582 valence electrons. The minimum atomic E-state index is -5.83. The highest BCUT2D eigenvalue weighted by Gasteiger charge is 2.62. The number of rotatable bonds is 36. The van der Waals surface area contributed by atoms with Crippen LogP contribution in [-0.2, 0) is 89.7 Å². The zero-order valence-electron chi connectivity index (χ0n) is 58.4. The molecule has 5 fully saturated rings. The van der Waals surface area contributed by atoms with E-state index >= 15 is 0 Å². The summed E-state index contributed by atoms with van der Waals surface area (Å²) in [6, 6.07) is -3.94. The van der Waals surface area contributed by atoms with Crippen molar-refractivity contribution in [2.24, 2.45) is 16.9 Å². The van der Waals surface area contributed by atoms with Gasteiger partial charge in [-0.15, -0.1) is 0 Å². The van der Waals surface area contributed by atoms with Gasteiger partial charge in [-0.2, -0.15) is 0 Å². The number of allylic oxidation sites excluding steroid dienone is 8. The molecule has 102 heavy (non-hydrogen) atoms. The van der Waals surface area contributed by atoms with Crippen molar-refractivity contribution in [3.8, 4) is 0 Å². The number of carboxylic acids is 2. The van der Waals surface area contributed by atoms with E-state index in [0.29, 0.717) is 12.8 Å². The summed E-state index contributed by atoms with van der Waals surface area (Å²) < 4.78 is 88.0. The van der Waals surface area contributed by atoms with Gasteiger partial charge in [0.1, 0.15) is 90.9 Å². The number of phosphoric acid groups is 1. The van der Waals surface area contributed by atoms with E-state index in [2.05, 4.69) is 70.1 Å². The number of nitrogens with two attached hydrogens (primary N) is 2. The third-order valence-corrected chi connectivity index (χ3v) is 18.4. The first-order chi connectivity index (χ1) is 47.5. The van der Waals surface area contributed by atoms with Crippen LogP contribution in [-0.4, -0.2) is 287 Å². The van der Waals surface area contributed by atoms with Crippen molar-refractivity contribution in [3.63, 3.8) is 0 Å². The molecule has 4 amide bonds. The van der Waals surface area contributed by atoms with E-state index < -0.39 is 222 Å². The monoisotopic (exact) mass is 1490 g/mol. The van der Waals surface area contributed by atoms with Gasteiger partial charge < -0.3 is 140 Å². The topological polar surface area (TPSA) is 579 Å². The summed E-state index contributed by atoms with van der Waals surface area (Å²) in [5.74, 6) is -6.94. The molecule has 27 atom stereocenters. The van der Waals surface area contributed by atoms with Crippen LogP contribution in [0.2, 0.25) is 0 Å². The van der Waals surface area contributed by atoms with Crippen LogP contribution in [0.3, 0.4) is 0 Å². The van der Waals surface area contributed by atoms with Crippen molar-refractivity contribution in [1.82, 2.24) is 10.6 Å². The van der Waals surface area contributed by atoms with Crippen LogP contribution in [0.5, 0.6) is 0 Å². The molecule has 0 radical (unpaired) electrons. The lowest BCUT2D eigenvalue weighted by molar-refractivity contribution is -0.375. The number of aliphatic hydroxyl groups excluding tert-OH is 9. The number of carbonyl (C=O) groups is 6. The molecule has 5 aliphatic rings. The fourth-order valence-electron chi connectivity index (χ4n) is 11.7. The maximum Gasteiger partial charge on any atom is 0.474 e. The number of nitrogens with one attached hydrogen (secondary N) is 2. The van der Waals surface area contributed by atoms with Gasteiger partial charge >= 0.3 is 25.9 Å². The Labute approximate surface area is 588 Å². The number of ether oxygens (including phenoxy) is 11. The van der Waals surface area contributed by atoms with Gasteiger partial charge in [0.25, 0.3) is 0 Å². The Hall–Kier alpha value is -5.37. The zero-order chi connectivity index (χ0) is 76.6. The summed E-state index contributed by atoms with van der Waals surface area (Å²) in [4.78, 5) is 87.5. The predicted octanol–water partition coefficient (Wildman–Crippen LogP) is -2.19. The molecular formula is C64H103N4O33P. The highest BCUT2D eigenvalue weighted by Crippen LogP contribution is 2.49. The van der Waals surface area contributed by atoms with Gasteiger partial charge in [-0.3, -0.25) is 23.4 Å². The van der Waals surface area contributed by atoms with E-state index in [4.69, 9.17) is 72.6 Å². The van der Waals surface area contributed by atoms with Crippen LogP contribution in [0.25, 0.3) is 0 Å². The Morgan fingerprint density at radius 3 is 1.81 bits per heavy atom. The lowest BCUT2D eigenvalue weighted by Crippen LogP contribution is -2.72. The number of carboxylic acid groups (broad SMARTS) is 2. The van der Waals surface area contributed by atoms with Crippen LogP contribution in [0.4, 0.5) is 4.79 Å². The standard InChI is InChI=1S/C64H103N4O33P/c1-28(2)15-14-17-29(3)18-19-31(5)20-23-63(9,10)22-13-12-16-30(4)21-24-89-37(55(81)82)27-91-102(87,88)101-61-51(52(100-62(66)85)64(11,86)53(99-61)54(65)80)98-58-39(68-34(8)71)42(74)49(36(94-58)26-90-59-46(78)43(75)40(72)35(25-69)93-59)96-57-38(67-33(7)70)41(73)48(32(6)92-57)95-60-47(79)44(76)45(77)50(97-60)56(83)84/h13,15,18,21-22,32,35-53,57-61,69,72-79,86H,5,12,14,16-17,19-20,23-27H2,1-4,6-11H3,(H2,65,80)(H2,66,85)(H,67,70)(H,68,71)(H,81,82)(H,83,84)(H,87,88)/b22-13+,29-18+,30-21-. The molecule has 5 rings (SSSR count). The predicted molar refractivity (Wildman–Crippen MR) is 347 cm³/mol. The van der Waals surface area contributed by atoms with Crippen LogP contribution < -0.4 is 22.1 Å². The summed E-state index contributed by atoms with van der Waals surface area (Å²) in [5, 5.41) is 135. The van der Waals surface area contributed by atoms with Gasteiger partial charge in [-0.1, -0.05) is 73.1 Å². The summed E-state index contributed by atoms with van der Waals surface area (Å²) in [6.07, 6.45) is -34.5. The second kappa shape index (κ2) is 38.8. The Kier molecular flexibility index (Phi) is 33.2. The minimum absolute atomic E-state index is 0.140. The third kappa shape index (κ3) is 24.6. The van der Waals surface area contributed by atoms with E-state index in [0.717, 1.165) is 64.0 Å². The smallest absolute Gasteiger partial charge is 0.474 e. The number of hydrogen-bond donors (Lipinski definition) is 17. The highest BCUT2D eigenvalue weighted by atomic mass is 31.2. The lowest BCUT2D eigenvalue weighted by atomic mass is 9.85. The number of aliphatic hydroxyl groups is 10. The molecule has 37 nitrogen and oxygen atoms in total. The lowest BCUT2D eigenvalue weighted by Gasteiger charge is -2.52. The van der Waals surface area contributed by atoms with Gasteiger partial charge in [-0.25, -0.2) is 18.9 Å². The quantitative estimate of drug-likeness (QED) is 0.0234. The molecule has 0 aliphatic carbocycles. The molecule has 5 heterocycles. The maximum atomic E-state index is 14.0. The Morgan fingerprint density at radius 2 is 1.24 bits per heavy atom. The molecule has 0 bridgehead atoms. The van der Waals surface area contributed by atoms with Crippen molar-refractivity contribution in [2.75, 3.05) is 26.4 Å². The molecule has 0 saturated carbocycles. The maximum absolute atomic E-state index is 14.0. The van der Waals surface area contributed by atoms with E-state index in [1.807, 2.05) is 6.08 Å². The van der Waals surface area contributed by atoms with Gasteiger partial charge in [0, 0.05) is 13.8 Å². The van der Waals surface area contributed by atoms with Gasteiger partial charge in [-0.05, 0) is 91.9 Å². The first-order valence-corrected chi connectivity index (χ1v) is 34.4. The van der Waals surface area contributed by atoms with Crippen molar-refractivity contribution >= 4 is 43.6 Å². The van der Waals surface area contributed by atoms with E-state index in [1.165, 1.54) is 18.1 Å². The van der Waals surface area contributed by atoms with E-state index in [-0.39, 0.29) is 12.0 Å². The molecular weight excluding hydrogens is 1380 g/mol. The molecule has 19 N–H and O–H groups in total. The Morgan fingerprint density at radius 1 is 0.676 bits per heavy atom. The van der Waals surface area contributed by atoms with Crippen LogP contribution >= 0.6 is 7.82 Å². The van der Waals surface area contributed by atoms with Crippen LogP contribution in [0.1, 0.15) is 114 Å². The summed E-state index contributed by atoms with van der Waals surface area (Å²) >= 11 is 0. The van der Waals surface area contributed by atoms with E-state index in [1.54, 1.807) is 13.0 Å². The fourth-order valence-corrected chi connectivity index (χ4v) is 12.5. The summed E-state index contributed by atoms with van der Waals surface area (Å²) in [6.45, 7) is 16.9. The Bertz CT molecular complexity index is 3000.